The number of nitrogens with zero attached hydrogens (tertiary/aromatic N) is 5. The molecule has 3 saturated heterocycles. The number of nitrogens with one attached hydrogen (secondary N) is 2. The highest BCUT2D eigenvalue weighted by atomic mass is 16.5. The van der Waals surface area contributed by atoms with Crippen molar-refractivity contribution in [1.29, 1.82) is 0 Å². The van der Waals surface area contributed by atoms with Crippen LogP contribution < -0.4 is 25.2 Å². The minimum Gasteiger partial charge on any atom is -0.493 e. The maximum atomic E-state index is 6.32. The monoisotopic (exact) mass is 651 g/mol. The summed E-state index contributed by atoms with van der Waals surface area (Å²) in [6.45, 7) is 17.8. The fourth-order valence-electron chi connectivity index (χ4n) is 6.77. The summed E-state index contributed by atoms with van der Waals surface area (Å²) >= 11 is 0. The highest BCUT2D eigenvalue weighted by Gasteiger charge is 2.24. The van der Waals surface area contributed by atoms with Gasteiger partial charge in [0.05, 0.1) is 12.1 Å². The first-order valence-electron chi connectivity index (χ1n) is 18.5. The van der Waals surface area contributed by atoms with Gasteiger partial charge in [-0.3, -0.25) is 4.90 Å². The van der Waals surface area contributed by atoms with Crippen LogP contribution in [0.3, 0.4) is 0 Å². The van der Waals surface area contributed by atoms with Gasteiger partial charge in [0, 0.05) is 69.0 Å². The second-order valence-corrected chi connectivity index (χ2v) is 12.5. The number of benzene rings is 3. The number of ether oxygens (including phenoxy) is 1. The van der Waals surface area contributed by atoms with Crippen LogP contribution in [0.25, 0.3) is 10.9 Å². The number of para-hydroxylation sites is 1. The molecule has 258 valence electrons. The third-order valence-electron chi connectivity index (χ3n) is 9.46. The summed E-state index contributed by atoms with van der Waals surface area (Å²) in [4.78, 5) is 17.7. The van der Waals surface area contributed by atoms with Gasteiger partial charge in [0.15, 0.2) is 0 Å². The Labute approximate surface area is 288 Å². The van der Waals surface area contributed by atoms with E-state index in [-0.39, 0.29) is 0 Å². The maximum absolute atomic E-state index is 6.32. The van der Waals surface area contributed by atoms with Gasteiger partial charge in [-0.15, -0.1) is 0 Å². The molecule has 8 heteroatoms. The van der Waals surface area contributed by atoms with Crippen LogP contribution in [0.1, 0.15) is 58.9 Å². The molecular weight excluding hydrogens is 594 g/mol. The number of likely N-dealkylation sites (tertiary alicyclic amines) is 1. The molecular formula is C40H57N7O. The molecule has 48 heavy (non-hydrogen) atoms. The Morgan fingerprint density at radius 1 is 0.729 bits per heavy atom. The van der Waals surface area contributed by atoms with Crippen molar-refractivity contribution in [2.75, 3.05) is 74.1 Å². The molecule has 3 fully saturated rings. The zero-order valence-corrected chi connectivity index (χ0v) is 29.7. The molecule has 4 aromatic rings. The van der Waals surface area contributed by atoms with Crippen LogP contribution in [0, 0.1) is 5.92 Å². The Hall–Kier alpha value is -3.88. The van der Waals surface area contributed by atoms with Gasteiger partial charge >= 0.3 is 0 Å². The topological polar surface area (TPSA) is 68.8 Å². The van der Waals surface area contributed by atoms with Gasteiger partial charge < -0.3 is 25.2 Å². The molecule has 0 unspecified atom stereocenters. The molecule has 3 aromatic carbocycles. The van der Waals surface area contributed by atoms with E-state index in [9.17, 15) is 0 Å². The highest BCUT2D eigenvalue weighted by Crippen LogP contribution is 2.30. The summed E-state index contributed by atoms with van der Waals surface area (Å²) in [6, 6.07) is 28.3. The molecule has 2 N–H and O–H groups in total. The molecule has 0 atom stereocenters. The molecule has 0 bridgehead atoms. The molecule has 4 heterocycles. The van der Waals surface area contributed by atoms with Crippen molar-refractivity contribution in [1.82, 2.24) is 20.2 Å². The van der Waals surface area contributed by atoms with Crippen LogP contribution >= 0.6 is 0 Å². The van der Waals surface area contributed by atoms with Crippen LogP contribution in [-0.2, 0) is 6.54 Å². The van der Waals surface area contributed by atoms with E-state index in [1.807, 2.05) is 27.7 Å². The second-order valence-electron chi connectivity index (χ2n) is 12.5. The predicted molar refractivity (Wildman–Crippen MR) is 203 cm³/mol. The molecule has 3 aliphatic rings. The number of fused-ring (bicyclic) bond motifs is 1. The standard InChI is InChI=1S/C36H45N7O.2C2H6/c1-3-7-28(8-4-1)26-41-19-15-30(16-20-41)38-35-33-12-11-32(44-27-29-13-17-37-18-14-29)25-34(33)39-36(40-35)43-23-21-42(22-24-43)31-9-5-2-6-10-31;2*1-2/h1-12,25,29-30,37H,13-24,26-27H2,(H,38,39,40);2*1-2H3. The third-order valence-corrected chi connectivity index (χ3v) is 9.46. The first-order valence-corrected chi connectivity index (χ1v) is 18.5. The van der Waals surface area contributed by atoms with Crippen LogP contribution in [0.2, 0.25) is 0 Å². The van der Waals surface area contributed by atoms with E-state index >= 15 is 0 Å². The zero-order valence-electron chi connectivity index (χ0n) is 29.7. The van der Waals surface area contributed by atoms with Crippen molar-refractivity contribution < 1.29 is 4.74 Å². The molecule has 0 saturated carbocycles. The van der Waals surface area contributed by atoms with Crippen LogP contribution in [-0.4, -0.2) is 79.9 Å². The van der Waals surface area contributed by atoms with Crippen molar-refractivity contribution >= 4 is 28.4 Å². The average molecular weight is 652 g/mol. The van der Waals surface area contributed by atoms with E-state index in [1.165, 1.54) is 24.1 Å². The fraction of sp³-hybridized carbons (Fsp3) is 0.500. The molecule has 1 aromatic heterocycles. The number of piperidine rings is 2. The van der Waals surface area contributed by atoms with Gasteiger partial charge in [-0.2, -0.15) is 4.98 Å². The number of anilines is 3. The fourth-order valence-corrected chi connectivity index (χ4v) is 6.77. The minimum absolute atomic E-state index is 0.388. The first-order chi connectivity index (χ1) is 23.8. The molecule has 0 amide bonds. The van der Waals surface area contributed by atoms with Gasteiger partial charge in [-0.25, -0.2) is 4.98 Å². The summed E-state index contributed by atoms with van der Waals surface area (Å²) in [5.41, 5.74) is 3.62. The normalized spacial score (nSPS) is 17.6. The molecule has 0 spiro atoms. The van der Waals surface area contributed by atoms with Gasteiger partial charge in [0.1, 0.15) is 11.6 Å². The largest absolute Gasteiger partial charge is 0.493 e. The van der Waals surface area contributed by atoms with E-state index in [1.54, 1.807) is 0 Å². The number of hydrogen-bond acceptors (Lipinski definition) is 8. The molecule has 7 rings (SSSR count). The van der Waals surface area contributed by atoms with Crippen LogP contribution in [0.4, 0.5) is 17.5 Å². The van der Waals surface area contributed by atoms with E-state index in [0.29, 0.717) is 12.0 Å². The van der Waals surface area contributed by atoms with Crippen molar-refractivity contribution in [3.63, 3.8) is 0 Å². The van der Waals surface area contributed by atoms with Gasteiger partial charge in [0.2, 0.25) is 5.95 Å². The Morgan fingerprint density at radius 2 is 1.38 bits per heavy atom. The number of piperazine rings is 1. The Bertz CT molecular complexity index is 1480. The van der Waals surface area contributed by atoms with Crippen LogP contribution in [0.5, 0.6) is 5.75 Å². The Kier molecular flexibility index (Phi) is 13.7. The number of aromatic nitrogens is 2. The number of hydrogen-bond donors (Lipinski definition) is 2. The smallest absolute Gasteiger partial charge is 0.228 e. The lowest BCUT2D eigenvalue weighted by Crippen LogP contribution is -2.47. The Balaban J connectivity index is 0.00000109. The summed E-state index contributed by atoms with van der Waals surface area (Å²) < 4.78 is 6.32. The lowest BCUT2D eigenvalue weighted by atomic mass is 9.99. The van der Waals surface area contributed by atoms with E-state index in [0.717, 1.165) is 107 Å². The maximum Gasteiger partial charge on any atom is 0.228 e. The first kappa shape index (κ1) is 35.4. The second kappa shape index (κ2) is 18.6. The highest BCUT2D eigenvalue weighted by molar-refractivity contribution is 5.91. The van der Waals surface area contributed by atoms with Crippen molar-refractivity contribution in [2.45, 2.75) is 66.0 Å². The zero-order chi connectivity index (χ0) is 33.6. The molecule has 3 aliphatic heterocycles. The molecule has 0 aliphatic carbocycles. The van der Waals surface area contributed by atoms with Crippen molar-refractivity contribution in [2.24, 2.45) is 5.92 Å². The summed E-state index contributed by atoms with van der Waals surface area (Å²) in [5.74, 6) is 3.26. The summed E-state index contributed by atoms with van der Waals surface area (Å²) in [7, 11) is 0. The molecule has 8 nitrogen and oxygen atoms in total. The van der Waals surface area contributed by atoms with E-state index in [4.69, 9.17) is 14.7 Å². The molecule has 0 radical (unpaired) electrons. The quantitative estimate of drug-likeness (QED) is 0.193. The Morgan fingerprint density at radius 3 is 2.06 bits per heavy atom. The van der Waals surface area contributed by atoms with Gasteiger partial charge in [0.25, 0.3) is 0 Å². The van der Waals surface area contributed by atoms with Gasteiger partial charge in [-0.1, -0.05) is 76.2 Å². The van der Waals surface area contributed by atoms with Crippen molar-refractivity contribution in [3.05, 3.63) is 84.4 Å². The third kappa shape index (κ3) is 9.60. The summed E-state index contributed by atoms with van der Waals surface area (Å²) in [6.07, 6.45) is 4.54. The van der Waals surface area contributed by atoms with Crippen LogP contribution in [0.15, 0.2) is 78.9 Å². The van der Waals surface area contributed by atoms with E-state index in [2.05, 4.69) is 104 Å². The van der Waals surface area contributed by atoms with Gasteiger partial charge in [-0.05, 0) is 74.5 Å². The predicted octanol–water partition coefficient (Wildman–Crippen LogP) is 7.46. The SMILES string of the molecule is CC.CC.c1ccc(CN2CCC(Nc3nc(N4CCN(c5ccccc5)CC4)nc4cc(OCC5CCNCC5)ccc34)CC2)cc1. The van der Waals surface area contributed by atoms with E-state index < -0.39 is 0 Å². The number of rotatable bonds is 9. The average Bonchev–Trinajstić information content (AvgIpc) is 3.17. The lowest BCUT2D eigenvalue weighted by Gasteiger charge is -2.36. The van der Waals surface area contributed by atoms with Crippen molar-refractivity contribution in [3.8, 4) is 5.75 Å². The lowest BCUT2D eigenvalue weighted by molar-refractivity contribution is 0.211. The summed E-state index contributed by atoms with van der Waals surface area (Å²) in [5, 5.41) is 8.38. The minimum atomic E-state index is 0.388.